The topological polar surface area (TPSA) is 0 Å². The maximum atomic E-state index is 13.0. The van der Waals surface area contributed by atoms with E-state index in [1.165, 1.54) is 44.6 Å². The Labute approximate surface area is 105 Å². The molecule has 0 spiro atoms. The van der Waals surface area contributed by atoms with Crippen LogP contribution in [0.25, 0.3) is 0 Å². The van der Waals surface area contributed by atoms with Gasteiger partial charge in [-0.1, -0.05) is 64.5 Å². The zero-order valence-corrected chi connectivity index (χ0v) is 11.2. The molecular weight excluding hydrogens is 211 g/mol. The average molecular weight is 236 g/mol. The van der Waals surface area contributed by atoms with Gasteiger partial charge in [0.1, 0.15) is 5.82 Å². The first-order valence-corrected chi connectivity index (χ1v) is 6.96. The van der Waals surface area contributed by atoms with Gasteiger partial charge in [-0.2, -0.15) is 0 Å². The van der Waals surface area contributed by atoms with E-state index in [1.54, 1.807) is 12.1 Å². The Morgan fingerprint density at radius 3 is 2.59 bits per heavy atom. The first-order valence-electron chi connectivity index (χ1n) is 6.96. The van der Waals surface area contributed by atoms with Crippen LogP contribution < -0.4 is 0 Å². The normalized spacial score (nSPS) is 12.6. The number of benzene rings is 1. The van der Waals surface area contributed by atoms with E-state index < -0.39 is 0 Å². The van der Waals surface area contributed by atoms with Crippen LogP contribution in [0.3, 0.4) is 0 Å². The maximum Gasteiger partial charge on any atom is 0.123 e. The fourth-order valence-corrected chi connectivity index (χ4v) is 2.26. The highest BCUT2D eigenvalue weighted by Gasteiger charge is 2.04. The molecule has 0 radical (unpaired) electrons. The van der Waals surface area contributed by atoms with Crippen LogP contribution in [0, 0.1) is 11.7 Å². The second kappa shape index (κ2) is 8.27. The number of unbranched alkanes of at least 4 members (excludes halogenated alkanes) is 4. The first-order chi connectivity index (χ1) is 8.22. The quantitative estimate of drug-likeness (QED) is 0.533. The summed E-state index contributed by atoms with van der Waals surface area (Å²) in [6.45, 7) is 4.51. The molecule has 0 aliphatic carbocycles. The van der Waals surface area contributed by atoms with E-state index in [2.05, 4.69) is 13.8 Å². The molecule has 1 rings (SSSR count). The Bertz CT molecular complexity index is 306. The molecule has 96 valence electrons. The molecule has 1 aromatic rings. The van der Waals surface area contributed by atoms with E-state index in [4.69, 9.17) is 0 Å². The highest BCUT2D eigenvalue weighted by Crippen LogP contribution is 2.16. The lowest BCUT2D eigenvalue weighted by Crippen LogP contribution is -2.00. The third-order valence-corrected chi connectivity index (χ3v) is 3.27. The van der Waals surface area contributed by atoms with Crippen molar-refractivity contribution in [2.45, 2.75) is 58.8 Å². The zero-order chi connectivity index (χ0) is 12.5. The molecule has 1 atom stereocenters. The molecule has 0 saturated heterocycles. The lowest BCUT2D eigenvalue weighted by atomic mass is 9.95. The van der Waals surface area contributed by atoms with Crippen LogP contribution in [0.1, 0.15) is 57.9 Å². The van der Waals surface area contributed by atoms with Gasteiger partial charge in [0.15, 0.2) is 0 Å². The molecule has 0 aliphatic rings. The predicted octanol–water partition coefficient (Wildman–Crippen LogP) is 5.36. The largest absolute Gasteiger partial charge is 0.207 e. The van der Waals surface area contributed by atoms with E-state index in [1.807, 2.05) is 6.07 Å². The highest BCUT2D eigenvalue weighted by molar-refractivity contribution is 5.16. The van der Waals surface area contributed by atoms with Crippen LogP contribution in [0.4, 0.5) is 4.39 Å². The average Bonchev–Trinajstić information content (AvgIpc) is 2.29. The van der Waals surface area contributed by atoms with Gasteiger partial charge >= 0.3 is 0 Å². The molecule has 0 saturated carbocycles. The molecule has 0 fully saturated rings. The van der Waals surface area contributed by atoms with Crippen molar-refractivity contribution in [3.8, 4) is 0 Å². The monoisotopic (exact) mass is 236 g/mol. The van der Waals surface area contributed by atoms with E-state index >= 15 is 0 Å². The predicted molar refractivity (Wildman–Crippen MR) is 72.6 cm³/mol. The second-order valence-corrected chi connectivity index (χ2v) is 5.14. The van der Waals surface area contributed by atoms with Crippen molar-refractivity contribution in [2.24, 2.45) is 5.92 Å². The molecule has 0 aromatic heterocycles. The highest BCUT2D eigenvalue weighted by atomic mass is 19.1. The van der Waals surface area contributed by atoms with Gasteiger partial charge in [0.2, 0.25) is 0 Å². The van der Waals surface area contributed by atoms with Crippen molar-refractivity contribution in [1.82, 2.24) is 0 Å². The fourth-order valence-electron chi connectivity index (χ4n) is 2.26. The molecule has 17 heavy (non-hydrogen) atoms. The van der Waals surface area contributed by atoms with Crippen molar-refractivity contribution in [2.75, 3.05) is 0 Å². The van der Waals surface area contributed by atoms with Gasteiger partial charge in [-0.25, -0.2) is 4.39 Å². The zero-order valence-electron chi connectivity index (χ0n) is 11.2. The molecule has 0 amide bonds. The summed E-state index contributed by atoms with van der Waals surface area (Å²) >= 11 is 0. The van der Waals surface area contributed by atoms with Crippen molar-refractivity contribution in [3.05, 3.63) is 35.6 Å². The minimum absolute atomic E-state index is 0.113. The van der Waals surface area contributed by atoms with Crippen LogP contribution in [0.5, 0.6) is 0 Å². The number of hydrogen-bond donors (Lipinski definition) is 0. The van der Waals surface area contributed by atoms with Gasteiger partial charge in [-0.05, 0) is 30.0 Å². The third kappa shape index (κ3) is 6.45. The second-order valence-electron chi connectivity index (χ2n) is 5.14. The number of rotatable bonds is 8. The summed E-state index contributed by atoms with van der Waals surface area (Å²) in [5, 5.41) is 0. The van der Waals surface area contributed by atoms with Crippen LogP contribution in [-0.4, -0.2) is 0 Å². The molecule has 0 N–H and O–H groups in total. The standard InChI is InChI=1S/C16H25F/c1-3-4-5-6-7-9-14(2)12-15-10-8-11-16(17)13-15/h8,10-11,13-14H,3-7,9,12H2,1-2H3. The van der Waals surface area contributed by atoms with Crippen LogP contribution >= 0.6 is 0 Å². The van der Waals surface area contributed by atoms with Crippen molar-refractivity contribution >= 4 is 0 Å². The molecule has 1 heteroatoms. The van der Waals surface area contributed by atoms with Gasteiger partial charge in [-0.15, -0.1) is 0 Å². The van der Waals surface area contributed by atoms with E-state index in [-0.39, 0.29) is 5.82 Å². The minimum atomic E-state index is -0.113. The van der Waals surface area contributed by atoms with E-state index in [0.717, 1.165) is 12.0 Å². The number of hydrogen-bond acceptors (Lipinski definition) is 0. The SMILES string of the molecule is CCCCCCCC(C)Cc1cccc(F)c1. The van der Waals surface area contributed by atoms with Crippen molar-refractivity contribution in [1.29, 1.82) is 0 Å². The summed E-state index contributed by atoms with van der Waals surface area (Å²) in [4.78, 5) is 0. The van der Waals surface area contributed by atoms with Crippen LogP contribution in [-0.2, 0) is 6.42 Å². The summed E-state index contributed by atoms with van der Waals surface area (Å²) < 4.78 is 13.0. The van der Waals surface area contributed by atoms with Crippen LogP contribution in [0.2, 0.25) is 0 Å². The minimum Gasteiger partial charge on any atom is -0.207 e. The molecule has 0 bridgehead atoms. The summed E-state index contributed by atoms with van der Waals surface area (Å²) in [7, 11) is 0. The number of halogens is 1. The summed E-state index contributed by atoms with van der Waals surface area (Å²) in [6.07, 6.45) is 8.96. The molecule has 1 aromatic carbocycles. The third-order valence-electron chi connectivity index (χ3n) is 3.27. The maximum absolute atomic E-state index is 13.0. The Hall–Kier alpha value is -0.850. The van der Waals surface area contributed by atoms with Crippen molar-refractivity contribution < 1.29 is 4.39 Å². The molecule has 0 heterocycles. The Balaban J connectivity index is 2.18. The Morgan fingerprint density at radius 2 is 1.88 bits per heavy atom. The fraction of sp³-hybridized carbons (Fsp3) is 0.625. The first kappa shape index (κ1) is 14.2. The van der Waals surface area contributed by atoms with E-state index in [9.17, 15) is 4.39 Å². The summed E-state index contributed by atoms with van der Waals surface area (Å²) in [5.41, 5.74) is 1.13. The molecular formula is C16H25F. The molecule has 0 aliphatic heterocycles. The van der Waals surface area contributed by atoms with Gasteiger partial charge in [0, 0.05) is 0 Å². The summed E-state index contributed by atoms with van der Waals surface area (Å²) in [6, 6.07) is 7.00. The van der Waals surface area contributed by atoms with Gasteiger partial charge in [-0.3, -0.25) is 0 Å². The lowest BCUT2D eigenvalue weighted by molar-refractivity contribution is 0.482. The molecule has 0 nitrogen and oxygen atoms in total. The van der Waals surface area contributed by atoms with Crippen LogP contribution in [0.15, 0.2) is 24.3 Å². The van der Waals surface area contributed by atoms with Crippen molar-refractivity contribution in [3.63, 3.8) is 0 Å². The Kier molecular flexibility index (Phi) is 6.91. The molecule has 1 unspecified atom stereocenters. The van der Waals surface area contributed by atoms with Gasteiger partial charge in [0.05, 0.1) is 0 Å². The van der Waals surface area contributed by atoms with Gasteiger partial charge in [0.25, 0.3) is 0 Å². The van der Waals surface area contributed by atoms with E-state index in [0.29, 0.717) is 5.92 Å². The smallest absolute Gasteiger partial charge is 0.123 e. The Morgan fingerprint density at radius 1 is 1.12 bits per heavy atom. The lowest BCUT2D eigenvalue weighted by Gasteiger charge is -2.11. The van der Waals surface area contributed by atoms with Gasteiger partial charge < -0.3 is 0 Å². The summed E-state index contributed by atoms with van der Waals surface area (Å²) in [5.74, 6) is 0.552.